The van der Waals surface area contributed by atoms with Crippen molar-refractivity contribution in [2.75, 3.05) is 6.61 Å². The Morgan fingerprint density at radius 2 is 1.92 bits per heavy atom. The average Bonchev–Trinajstić information content (AvgIpc) is 2.05. The van der Waals surface area contributed by atoms with Crippen LogP contribution >= 0.6 is 0 Å². The van der Waals surface area contributed by atoms with Crippen LogP contribution in [0.3, 0.4) is 0 Å². The second kappa shape index (κ2) is 4.99. The van der Waals surface area contributed by atoms with E-state index < -0.39 is 0 Å². The molecule has 0 N–H and O–H groups in total. The molecule has 0 atom stereocenters. The lowest BCUT2D eigenvalue weighted by atomic mass is 9.88. The van der Waals surface area contributed by atoms with E-state index in [-0.39, 0.29) is 0 Å². The fourth-order valence-electron chi connectivity index (χ4n) is 0.987. The molecule has 0 saturated heterocycles. The summed E-state index contributed by atoms with van der Waals surface area (Å²) in [5.41, 5.74) is 1.25. The van der Waals surface area contributed by atoms with Gasteiger partial charge in [0, 0.05) is 6.61 Å². The van der Waals surface area contributed by atoms with Crippen LogP contribution in [0.5, 0.6) is 0 Å². The number of hydrogen-bond donors (Lipinski definition) is 0. The van der Waals surface area contributed by atoms with E-state index in [0.29, 0.717) is 5.92 Å². The van der Waals surface area contributed by atoms with Gasteiger partial charge >= 0.3 is 7.48 Å². The average molecular weight is 162 g/mol. The van der Waals surface area contributed by atoms with E-state index in [4.69, 9.17) is 4.65 Å². The van der Waals surface area contributed by atoms with E-state index in [1.807, 2.05) is 18.2 Å². The van der Waals surface area contributed by atoms with Crippen molar-refractivity contribution < 1.29 is 4.65 Å². The lowest BCUT2D eigenvalue weighted by Crippen LogP contribution is -2.18. The minimum absolute atomic E-state index is 0.619. The van der Waals surface area contributed by atoms with Crippen LogP contribution in [-0.2, 0) is 4.65 Å². The van der Waals surface area contributed by atoms with Gasteiger partial charge in [0.15, 0.2) is 0 Å². The monoisotopic (exact) mass is 162 g/mol. The summed E-state index contributed by atoms with van der Waals surface area (Å²) in [6.07, 6.45) is 0. The van der Waals surface area contributed by atoms with Crippen LogP contribution in [0, 0.1) is 5.92 Å². The molecule has 12 heavy (non-hydrogen) atoms. The molecule has 1 aromatic carbocycles. The molecule has 64 valence electrons. The molecule has 1 rings (SSSR count). The van der Waals surface area contributed by atoms with Crippen LogP contribution in [0.2, 0.25) is 0 Å². The van der Waals surface area contributed by atoms with Crippen molar-refractivity contribution in [3.8, 4) is 0 Å². The topological polar surface area (TPSA) is 9.23 Å². The number of rotatable bonds is 4. The summed E-state index contributed by atoms with van der Waals surface area (Å²) in [6.45, 7) is 5.16. The van der Waals surface area contributed by atoms with E-state index in [0.717, 1.165) is 14.1 Å². The quantitative estimate of drug-likeness (QED) is 0.607. The fourth-order valence-corrected chi connectivity index (χ4v) is 0.987. The summed E-state index contributed by atoms with van der Waals surface area (Å²) in [6, 6.07) is 10.3. The Bertz CT molecular complexity index is 208. The van der Waals surface area contributed by atoms with Crippen LogP contribution in [0.15, 0.2) is 30.3 Å². The van der Waals surface area contributed by atoms with Crippen molar-refractivity contribution in [3.05, 3.63) is 30.3 Å². The Balaban J connectivity index is 2.25. The van der Waals surface area contributed by atoms with E-state index in [1.54, 1.807) is 0 Å². The van der Waals surface area contributed by atoms with Gasteiger partial charge < -0.3 is 4.65 Å². The summed E-state index contributed by atoms with van der Waals surface area (Å²) in [5.74, 6) is 0.619. The minimum Gasteiger partial charge on any atom is -0.434 e. The third kappa shape index (κ3) is 3.58. The summed E-state index contributed by atoms with van der Waals surface area (Å²) in [5, 5.41) is 0. The molecular weight excluding hydrogens is 147 g/mol. The summed E-state index contributed by atoms with van der Waals surface area (Å²) in [4.78, 5) is 0. The van der Waals surface area contributed by atoms with Gasteiger partial charge in [0.05, 0.1) is 0 Å². The van der Waals surface area contributed by atoms with Gasteiger partial charge in [-0.15, -0.1) is 0 Å². The molecule has 0 fully saturated rings. The minimum atomic E-state index is 0.619. The van der Waals surface area contributed by atoms with E-state index in [1.165, 1.54) is 5.46 Å². The summed E-state index contributed by atoms with van der Waals surface area (Å²) < 4.78 is 5.48. The van der Waals surface area contributed by atoms with Gasteiger partial charge in [-0.25, -0.2) is 0 Å². The predicted octanol–water partition coefficient (Wildman–Crippen LogP) is 1.34. The van der Waals surface area contributed by atoms with Crippen molar-refractivity contribution in [1.29, 1.82) is 0 Å². The maximum Gasteiger partial charge on any atom is 0.308 e. The van der Waals surface area contributed by atoms with Crippen LogP contribution in [0.25, 0.3) is 0 Å². The zero-order chi connectivity index (χ0) is 8.81. The molecule has 0 bridgehead atoms. The smallest absolute Gasteiger partial charge is 0.308 e. The maximum atomic E-state index is 5.48. The summed E-state index contributed by atoms with van der Waals surface area (Å²) in [7, 11) is 0.735. The van der Waals surface area contributed by atoms with Gasteiger partial charge in [0.25, 0.3) is 0 Å². The fraction of sp³-hybridized carbons (Fsp3) is 0.400. The highest BCUT2D eigenvalue weighted by Gasteiger charge is 1.96. The molecule has 0 saturated carbocycles. The highest BCUT2D eigenvalue weighted by atomic mass is 16.4. The molecule has 0 aromatic heterocycles. The molecule has 0 aliphatic carbocycles. The normalized spacial score (nSPS) is 10.2. The molecular formula is C10H15BO. The molecule has 0 amide bonds. The van der Waals surface area contributed by atoms with Gasteiger partial charge in [0.2, 0.25) is 0 Å². The highest BCUT2D eigenvalue weighted by molar-refractivity contribution is 6.46. The predicted molar refractivity (Wildman–Crippen MR) is 54.0 cm³/mol. The molecule has 0 heterocycles. The Kier molecular flexibility index (Phi) is 3.88. The second-order valence-corrected chi connectivity index (χ2v) is 3.39. The van der Waals surface area contributed by atoms with Crippen molar-refractivity contribution in [3.63, 3.8) is 0 Å². The first-order valence-corrected chi connectivity index (χ1v) is 4.40. The Morgan fingerprint density at radius 1 is 1.25 bits per heavy atom. The van der Waals surface area contributed by atoms with Crippen LogP contribution < -0.4 is 5.46 Å². The molecule has 0 unspecified atom stereocenters. The van der Waals surface area contributed by atoms with Crippen molar-refractivity contribution >= 4 is 12.9 Å². The first-order valence-electron chi connectivity index (χ1n) is 4.40. The SMILES string of the molecule is CC(C)COBc1ccccc1. The van der Waals surface area contributed by atoms with Crippen LogP contribution in [0.1, 0.15) is 13.8 Å². The van der Waals surface area contributed by atoms with Gasteiger partial charge in [-0.1, -0.05) is 49.6 Å². The molecule has 1 nitrogen and oxygen atoms in total. The summed E-state index contributed by atoms with van der Waals surface area (Å²) >= 11 is 0. The molecule has 0 aliphatic heterocycles. The lowest BCUT2D eigenvalue weighted by Gasteiger charge is -2.05. The maximum absolute atomic E-state index is 5.48. The Morgan fingerprint density at radius 3 is 2.50 bits per heavy atom. The van der Waals surface area contributed by atoms with Crippen LogP contribution in [-0.4, -0.2) is 14.1 Å². The lowest BCUT2D eigenvalue weighted by molar-refractivity contribution is 0.289. The van der Waals surface area contributed by atoms with E-state index >= 15 is 0 Å². The Hall–Kier alpha value is -0.755. The third-order valence-corrected chi connectivity index (χ3v) is 1.56. The molecule has 0 spiro atoms. The first kappa shape index (κ1) is 9.33. The van der Waals surface area contributed by atoms with Crippen molar-refractivity contribution in [1.82, 2.24) is 0 Å². The van der Waals surface area contributed by atoms with E-state index in [9.17, 15) is 0 Å². The first-order chi connectivity index (χ1) is 5.79. The molecule has 0 radical (unpaired) electrons. The highest BCUT2D eigenvalue weighted by Crippen LogP contribution is 1.91. The second-order valence-electron chi connectivity index (χ2n) is 3.39. The van der Waals surface area contributed by atoms with Gasteiger partial charge in [-0.05, 0) is 5.92 Å². The van der Waals surface area contributed by atoms with Crippen molar-refractivity contribution in [2.45, 2.75) is 13.8 Å². The number of hydrogen-bond acceptors (Lipinski definition) is 1. The third-order valence-electron chi connectivity index (χ3n) is 1.56. The number of benzene rings is 1. The van der Waals surface area contributed by atoms with Gasteiger partial charge in [0.1, 0.15) is 0 Å². The van der Waals surface area contributed by atoms with E-state index in [2.05, 4.69) is 26.0 Å². The zero-order valence-electron chi connectivity index (χ0n) is 7.79. The molecule has 0 aliphatic rings. The van der Waals surface area contributed by atoms with Crippen molar-refractivity contribution in [2.24, 2.45) is 5.92 Å². The van der Waals surface area contributed by atoms with Gasteiger partial charge in [-0.3, -0.25) is 0 Å². The van der Waals surface area contributed by atoms with Crippen LogP contribution in [0.4, 0.5) is 0 Å². The molecule has 2 heteroatoms. The molecule has 1 aromatic rings. The standard InChI is InChI=1S/C10H15BO/c1-9(2)8-12-11-10-6-4-3-5-7-10/h3-7,9,11H,8H2,1-2H3. The zero-order valence-corrected chi connectivity index (χ0v) is 7.79. The Labute approximate surface area is 75.0 Å². The van der Waals surface area contributed by atoms with Gasteiger partial charge in [-0.2, -0.15) is 0 Å². The largest absolute Gasteiger partial charge is 0.434 e.